The highest BCUT2D eigenvalue weighted by molar-refractivity contribution is 7.89. The number of rotatable bonds is 10. The Morgan fingerprint density at radius 1 is 1.03 bits per heavy atom. The standard InChI is InChI=1S/C29H31F2NO4S/c1-3-25(22-13-11-21(12-14-22)19-36-23-8-5-4-6-9-23)20(2)29(33)28-10-7-17-32(28)37(34,35)24-15-16-26(30)27(31)18-24/h4-6,8-9,11-16,18,20,25,28H,3,7,10,17,19H2,1-2H3/t20-,25?,28?/m0/s1. The van der Waals surface area contributed by atoms with Crippen LogP contribution < -0.4 is 4.74 Å². The highest BCUT2D eigenvalue weighted by atomic mass is 32.2. The molecule has 0 spiro atoms. The fourth-order valence-electron chi connectivity index (χ4n) is 5.01. The van der Waals surface area contributed by atoms with Crippen molar-refractivity contribution in [1.29, 1.82) is 0 Å². The summed E-state index contributed by atoms with van der Waals surface area (Å²) >= 11 is 0. The first-order valence-electron chi connectivity index (χ1n) is 12.5. The smallest absolute Gasteiger partial charge is 0.243 e. The first-order chi connectivity index (χ1) is 17.7. The number of Topliss-reactive ketones (excluding diaryl/α,β-unsaturated/α-hetero) is 1. The average molecular weight is 528 g/mol. The zero-order valence-corrected chi connectivity index (χ0v) is 21.8. The molecule has 3 aromatic rings. The van der Waals surface area contributed by atoms with E-state index in [0.29, 0.717) is 31.9 Å². The van der Waals surface area contributed by atoms with Crippen molar-refractivity contribution in [2.45, 2.75) is 56.6 Å². The fraction of sp³-hybridized carbons (Fsp3) is 0.345. The highest BCUT2D eigenvalue weighted by Crippen LogP contribution is 2.34. The maximum Gasteiger partial charge on any atom is 0.243 e. The van der Waals surface area contributed by atoms with Crippen LogP contribution in [0.25, 0.3) is 0 Å². The molecule has 1 fully saturated rings. The summed E-state index contributed by atoms with van der Waals surface area (Å²) in [6.07, 6.45) is 1.63. The van der Waals surface area contributed by atoms with Crippen LogP contribution >= 0.6 is 0 Å². The van der Waals surface area contributed by atoms with Crippen molar-refractivity contribution in [2.75, 3.05) is 6.54 Å². The second-order valence-electron chi connectivity index (χ2n) is 9.40. The predicted octanol–water partition coefficient (Wildman–Crippen LogP) is 6.10. The van der Waals surface area contributed by atoms with Gasteiger partial charge in [0.2, 0.25) is 10.0 Å². The monoisotopic (exact) mass is 527 g/mol. The number of carbonyl (C=O) groups excluding carboxylic acids is 1. The molecule has 0 N–H and O–H groups in total. The highest BCUT2D eigenvalue weighted by Gasteiger charge is 2.42. The van der Waals surface area contributed by atoms with E-state index in [1.54, 1.807) is 0 Å². The van der Waals surface area contributed by atoms with Gasteiger partial charge in [-0.2, -0.15) is 4.31 Å². The van der Waals surface area contributed by atoms with Crippen molar-refractivity contribution in [3.63, 3.8) is 0 Å². The van der Waals surface area contributed by atoms with Gasteiger partial charge in [0.1, 0.15) is 12.4 Å². The average Bonchev–Trinajstić information content (AvgIpc) is 3.41. The van der Waals surface area contributed by atoms with E-state index in [0.717, 1.165) is 33.3 Å². The molecule has 37 heavy (non-hydrogen) atoms. The molecule has 1 saturated heterocycles. The Bertz CT molecular complexity index is 1330. The minimum atomic E-state index is -4.15. The van der Waals surface area contributed by atoms with Gasteiger partial charge in [-0.3, -0.25) is 4.79 Å². The van der Waals surface area contributed by atoms with E-state index in [1.807, 2.05) is 68.4 Å². The van der Waals surface area contributed by atoms with Crippen LogP contribution in [-0.2, 0) is 21.4 Å². The second-order valence-corrected chi connectivity index (χ2v) is 11.3. The van der Waals surface area contributed by atoms with Crippen molar-refractivity contribution < 1.29 is 26.7 Å². The van der Waals surface area contributed by atoms with E-state index < -0.39 is 33.6 Å². The van der Waals surface area contributed by atoms with Crippen LogP contribution in [0.15, 0.2) is 77.7 Å². The van der Waals surface area contributed by atoms with E-state index in [9.17, 15) is 22.0 Å². The summed E-state index contributed by atoms with van der Waals surface area (Å²) in [4.78, 5) is 13.2. The quantitative estimate of drug-likeness (QED) is 0.320. The van der Waals surface area contributed by atoms with Crippen LogP contribution in [0.2, 0.25) is 0 Å². The van der Waals surface area contributed by atoms with Crippen LogP contribution in [0.1, 0.15) is 50.2 Å². The second kappa shape index (κ2) is 11.5. The van der Waals surface area contributed by atoms with E-state index in [2.05, 4.69) is 0 Å². The number of para-hydroxylation sites is 1. The number of carbonyl (C=O) groups is 1. The first kappa shape index (κ1) is 26.9. The van der Waals surface area contributed by atoms with Crippen molar-refractivity contribution in [1.82, 2.24) is 4.31 Å². The Labute approximate surface area is 217 Å². The summed E-state index contributed by atoms with van der Waals surface area (Å²) in [5, 5.41) is 0. The van der Waals surface area contributed by atoms with Crippen molar-refractivity contribution in [3.05, 3.63) is 95.6 Å². The van der Waals surface area contributed by atoms with Crippen LogP contribution in [0.4, 0.5) is 8.78 Å². The van der Waals surface area contributed by atoms with Gasteiger partial charge in [-0.25, -0.2) is 17.2 Å². The third-order valence-corrected chi connectivity index (χ3v) is 8.98. The number of ether oxygens (including phenoxy) is 1. The van der Waals surface area contributed by atoms with Crippen LogP contribution in [0.3, 0.4) is 0 Å². The summed E-state index contributed by atoms with van der Waals surface area (Å²) in [6, 6.07) is 19.2. The van der Waals surface area contributed by atoms with Gasteiger partial charge in [0.15, 0.2) is 17.4 Å². The topological polar surface area (TPSA) is 63.7 Å². The Balaban J connectivity index is 1.47. The molecule has 0 bridgehead atoms. The van der Waals surface area contributed by atoms with Gasteiger partial charge in [-0.15, -0.1) is 0 Å². The molecule has 0 amide bonds. The molecule has 0 radical (unpaired) electrons. The Morgan fingerprint density at radius 2 is 1.73 bits per heavy atom. The lowest BCUT2D eigenvalue weighted by Crippen LogP contribution is -2.43. The van der Waals surface area contributed by atoms with Crippen molar-refractivity contribution in [2.24, 2.45) is 5.92 Å². The molecule has 5 nitrogen and oxygen atoms in total. The number of ketones is 1. The minimum Gasteiger partial charge on any atom is -0.489 e. The number of hydrogen-bond acceptors (Lipinski definition) is 4. The van der Waals surface area contributed by atoms with Crippen LogP contribution in [0.5, 0.6) is 5.75 Å². The molecule has 0 aliphatic carbocycles. The lowest BCUT2D eigenvalue weighted by Gasteiger charge is -2.29. The lowest BCUT2D eigenvalue weighted by molar-refractivity contribution is -0.126. The predicted molar refractivity (Wildman–Crippen MR) is 138 cm³/mol. The summed E-state index contributed by atoms with van der Waals surface area (Å²) in [7, 11) is -4.15. The molecule has 0 saturated carbocycles. The molecule has 1 aliphatic rings. The number of nitrogens with zero attached hydrogens (tertiary/aromatic N) is 1. The zero-order chi connectivity index (χ0) is 26.6. The number of benzene rings is 3. The van der Waals surface area contributed by atoms with Gasteiger partial charge in [0.25, 0.3) is 0 Å². The molecule has 8 heteroatoms. The fourth-order valence-corrected chi connectivity index (χ4v) is 6.69. The third-order valence-electron chi connectivity index (χ3n) is 7.08. The minimum absolute atomic E-state index is 0.0926. The van der Waals surface area contributed by atoms with Gasteiger partial charge in [0.05, 0.1) is 10.9 Å². The number of hydrogen-bond donors (Lipinski definition) is 0. The lowest BCUT2D eigenvalue weighted by atomic mass is 9.80. The van der Waals surface area contributed by atoms with Gasteiger partial charge in [0, 0.05) is 12.5 Å². The van der Waals surface area contributed by atoms with Gasteiger partial charge >= 0.3 is 0 Å². The van der Waals surface area contributed by atoms with E-state index in [-0.39, 0.29) is 23.1 Å². The Kier molecular flexibility index (Phi) is 8.39. The van der Waals surface area contributed by atoms with Crippen molar-refractivity contribution in [3.8, 4) is 5.75 Å². The summed E-state index contributed by atoms with van der Waals surface area (Å²) < 4.78 is 60.5. The molecular formula is C29H31F2NO4S. The largest absolute Gasteiger partial charge is 0.489 e. The Morgan fingerprint density at radius 3 is 2.38 bits per heavy atom. The Hall–Kier alpha value is -3.10. The first-order valence-corrected chi connectivity index (χ1v) is 13.9. The number of sulfonamides is 1. The summed E-state index contributed by atoms with van der Waals surface area (Å²) in [6.45, 7) is 4.43. The zero-order valence-electron chi connectivity index (χ0n) is 20.9. The molecule has 0 aromatic heterocycles. The molecular weight excluding hydrogens is 496 g/mol. The molecule has 4 rings (SSSR count). The van der Waals surface area contributed by atoms with Gasteiger partial charge in [-0.1, -0.05) is 56.3 Å². The SMILES string of the molecule is CCC(c1ccc(COc2ccccc2)cc1)[C@H](C)C(=O)C1CCCN1S(=O)(=O)c1ccc(F)c(F)c1. The van der Waals surface area contributed by atoms with Crippen LogP contribution in [-0.4, -0.2) is 31.1 Å². The molecule has 1 heterocycles. The molecule has 196 valence electrons. The van der Waals surface area contributed by atoms with Gasteiger partial charge in [-0.05, 0) is 66.6 Å². The van der Waals surface area contributed by atoms with E-state index >= 15 is 0 Å². The normalized spacial score (nSPS) is 17.9. The molecule has 2 unspecified atom stereocenters. The number of halogens is 2. The summed E-state index contributed by atoms with van der Waals surface area (Å²) in [5.74, 6) is -2.25. The van der Waals surface area contributed by atoms with E-state index in [1.165, 1.54) is 0 Å². The summed E-state index contributed by atoms with van der Waals surface area (Å²) in [5.41, 5.74) is 2.00. The molecule has 3 aromatic carbocycles. The maximum absolute atomic E-state index is 13.8. The van der Waals surface area contributed by atoms with Gasteiger partial charge < -0.3 is 4.74 Å². The third kappa shape index (κ3) is 5.91. The van der Waals surface area contributed by atoms with Crippen LogP contribution in [0, 0.1) is 17.6 Å². The maximum atomic E-state index is 13.8. The molecule has 3 atom stereocenters. The van der Waals surface area contributed by atoms with Crippen molar-refractivity contribution >= 4 is 15.8 Å². The van der Waals surface area contributed by atoms with E-state index in [4.69, 9.17) is 4.74 Å². The molecule has 1 aliphatic heterocycles.